The molecule has 0 atom stereocenters. The molecule has 1 N–H and O–H groups in total. The van der Waals surface area contributed by atoms with E-state index in [2.05, 4.69) is 5.43 Å². The smallest absolute Gasteiger partial charge is 0.289 e. The molecule has 1 aliphatic heterocycles. The Morgan fingerprint density at radius 1 is 1.07 bits per heavy atom. The van der Waals surface area contributed by atoms with Crippen molar-refractivity contribution in [3.63, 3.8) is 0 Å². The molecule has 0 saturated carbocycles. The van der Waals surface area contributed by atoms with Crippen molar-refractivity contribution in [2.75, 3.05) is 5.01 Å². The van der Waals surface area contributed by atoms with Gasteiger partial charge in [0.15, 0.2) is 0 Å². The third kappa shape index (κ3) is 3.42. The van der Waals surface area contributed by atoms with Crippen LogP contribution >= 0.6 is 11.6 Å². The summed E-state index contributed by atoms with van der Waals surface area (Å²) in [5.41, 5.74) is 3.22. The molecule has 2 heterocycles. The Labute approximate surface area is 173 Å². The molecule has 8 nitrogen and oxygen atoms in total. The molecule has 2 aromatic carbocycles. The van der Waals surface area contributed by atoms with Crippen LogP contribution in [0.2, 0.25) is 5.02 Å². The van der Waals surface area contributed by atoms with E-state index < -0.39 is 22.6 Å². The van der Waals surface area contributed by atoms with Gasteiger partial charge in [0, 0.05) is 18.0 Å². The van der Waals surface area contributed by atoms with Gasteiger partial charge in [-0.25, -0.2) is 9.40 Å². The maximum Gasteiger partial charge on any atom is 0.289 e. The number of carbonyl (C=O) groups excluding carboxylic acids is 2. The van der Waals surface area contributed by atoms with Crippen molar-refractivity contribution in [1.29, 1.82) is 0 Å². The van der Waals surface area contributed by atoms with Crippen LogP contribution in [0.15, 0.2) is 66.4 Å². The molecule has 1 saturated heterocycles. The molecule has 0 unspecified atom stereocenters. The number of amides is 2. The van der Waals surface area contributed by atoms with Crippen molar-refractivity contribution >= 4 is 40.9 Å². The number of hydrogen-bond donors (Lipinski definition) is 1. The van der Waals surface area contributed by atoms with E-state index in [-0.39, 0.29) is 16.3 Å². The lowest BCUT2D eigenvalue weighted by Gasteiger charge is -2.14. The number of rotatable bonds is 4. The molecule has 4 rings (SSSR count). The topological polar surface area (TPSA) is 97.5 Å². The molecule has 1 fully saturated rings. The van der Waals surface area contributed by atoms with Crippen LogP contribution in [0, 0.1) is 15.9 Å². The normalized spacial score (nSPS) is 15.0. The zero-order valence-corrected chi connectivity index (χ0v) is 15.8. The molecule has 150 valence electrons. The summed E-state index contributed by atoms with van der Waals surface area (Å²) < 4.78 is 14.7. The number of anilines is 1. The highest BCUT2D eigenvalue weighted by Crippen LogP contribution is 2.28. The lowest BCUT2D eigenvalue weighted by molar-refractivity contribution is -0.384. The van der Waals surface area contributed by atoms with E-state index in [9.17, 15) is 24.1 Å². The van der Waals surface area contributed by atoms with Crippen LogP contribution < -0.4 is 10.4 Å². The first-order chi connectivity index (χ1) is 14.3. The maximum atomic E-state index is 13.1. The lowest BCUT2D eigenvalue weighted by atomic mass is 10.2. The van der Waals surface area contributed by atoms with Crippen molar-refractivity contribution in [1.82, 2.24) is 9.99 Å². The average molecular weight is 427 g/mol. The first kappa shape index (κ1) is 19.3. The molecule has 30 heavy (non-hydrogen) atoms. The zero-order valence-electron chi connectivity index (χ0n) is 15.1. The molecule has 0 radical (unpaired) electrons. The average Bonchev–Trinajstić information content (AvgIpc) is 3.29. The fourth-order valence-electron chi connectivity index (χ4n) is 3.01. The van der Waals surface area contributed by atoms with Crippen molar-refractivity contribution in [3.8, 4) is 5.69 Å². The summed E-state index contributed by atoms with van der Waals surface area (Å²) in [6.45, 7) is 0. The second-order valence-corrected chi connectivity index (χ2v) is 6.72. The zero-order chi connectivity index (χ0) is 21.4. The van der Waals surface area contributed by atoms with Crippen LogP contribution in [-0.4, -0.2) is 21.3 Å². The lowest BCUT2D eigenvalue weighted by Crippen LogP contribution is -2.35. The van der Waals surface area contributed by atoms with Crippen molar-refractivity contribution in [2.45, 2.75) is 0 Å². The Hall–Kier alpha value is -3.98. The van der Waals surface area contributed by atoms with E-state index in [1.807, 2.05) is 0 Å². The fraction of sp³-hybridized carbons (Fsp3) is 0. The number of halogens is 2. The van der Waals surface area contributed by atoms with E-state index >= 15 is 0 Å². The molecular weight excluding hydrogens is 415 g/mol. The Bertz CT molecular complexity index is 1220. The Balaban J connectivity index is 1.70. The predicted molar refractivity (Wildman–Crippen MR) is 107 cm³/mol. The van der Waals surface area contributed by atoms with Crippen LogP contribution in [0.5, 0.6) is 0 Å². The number of nitro groups is 1. The van der Waals surface area contributed by atoms with Gasteiger partial charge in [0.1, 0.15) is 16.4 Å². The Morgan fingerprint density at radius 2 is 1.77 bits per heavy atom. The summed E-state index contributed by atoms with van der Waals surface area (Å²) in [5.74, 6) is -1.71. The number of nitrogens with zero attached hydrogens (tertiary/aromatic N) is 3. The van der Waals surface area contributed by atoms with Gasteiger partial charge in [0.05, 0.1) is 16.3 Å². The standard InChI is InChI=1S/C20H12ClFN4O4/c21-17-8-7-15(11-18(17)26(29)30)24-9-1-2-14(24)10-16-19(27)23-25(20(16)28)13-5-3-12(22)4-6-13/h1-11H,(H,23,27)/b16-10-. The summed E-state index contributed by atoms with van der Waals surface area (Å²) in [6.07, 6.45) is 3.01. The first-order valence-corrected chi connectivity index (χ1v) is 8.97. The first-order valence-electron chi connectivity index (χ1n) is 8.59. The van der Waals surface area contributed by atoms with Crippen LogP contribution in [0.3, 0.4) is 0 Å². The van der Waals surface area contributed by atoms with Crippen LogP contribution in [0.25, 0.3) is 11.8 Å². The van der Waals surface area contributed by atoms with Crippen molar-refractivity contribution in [3.05, 3.63) is 93.0 Å². The molecule has 0 bridgehead atoms. The molecule has 0 spiro atoms. The second kappa shape index (κ2) is 7.45. The Morgan fingerprint density at radius 3 is 2.47 bits per heavy atom. The minimum absolute atomic E-state index is 0.00361. The summed E-state index contributed by atoms with van der Waals surface area (Å²) in [7, 11) is 0. The number of carbonyl (C=O) groups is 2. The van der Waals surface area contributed by atoms with Crippen LogP contribution in [0.4, 0.5) is 15.8 Å². The van der Waals surface area contributed by atoms with Crippen LogP contribution in [-0.2, 0) is 9.59 Å². The Kier molecular flexibility index (Phi) is 4.80. The second-order valence-electron chi connectivity index (χ2n) is 6.31. The van der Waals surface area contributed by atoms with E-state index in [1.54, 1.807) is 29.0 Å². The SMILES string of the molecule is O=C1NN(c2ccc(F)cc2)C(=O)/C1=C\c1cccn1-c1ccc(Cl)c([N+](=O)[O-])c1. The third-order valence-electron chi connectivity index (χ3n) is 4.45. The molecule has 0 aliphatic carbocycles. The highest BCUT2D eigenvalue weighted by molar-refractivity contribution is 6.32. The summed E-state index contributed by atoms with van der Waals surface area (Å²) in [4.78, 5) is 35.7. The number of hydrogen-bond acceptors (Lipinski definition) is 4. The molecule has 3 aromatic rings. The number of aromatic nitrogens is 1. The minimum atomic E-state index is -0.626. The van der Waals surface area contributed by atoms with Gasteiger partial charge in [-0.1, -0.05) is 11.6 Å². The molecule has 2 amide bonds. The number of hydrazine groups is 1. The number of benzene rings is 2. The van der Waals surface area contributed by atoms with Gasteiger partial charge in [-0.3, -0.25) is 25.1 Å². The van der Waals surface area contributed by atoms with Crippen molar-refractivity contribution in [2.24, 2.45) is 0 Å². The van der Waals surface area contributed by atoms with Crippen LogP contribution in [0.1, 0.15) is 5.69 Å². The molecule has 10 heteroatoms. The molecular formula is C20H12ClFN4O4. The summed E-state index contributed by atoms with van der Waals surface area (Å²) >= 11 is 5.86. The van der Waals surface area contributed by atoms with Gasteiger partial charge in [0.25, 0.3) is 17.5 Å². The van der Waals surface area contributed by atoms with E-state index in [1.165, 1.54) is 42.5 Å². The predicted octanol–water partition coefficient (Wildman–Crippen LogP) is 3.64. The number of nitrogens with one attached hydrogen (secondary N) is 1. The van der Waals surface area contributed by atoms with Gasteiger partial charge in [-0.2, -0.15) is 0 Å². The summed E-state index contributed by atoms with van der Waals surface area (Å²) in [6, 6.07) is 12.7. The van der Waals surface area contributed by atoms with Gasteiger partial charge >= 0.3 is 0 Å². The highest BCUT2D eigenvalue weighted by atomic mass is 35.5. The maximum absolute atomic E-state index is 13.1. The van der Waals surface area contributed by atoms with Gasteiger partial charge in [0.2, 0.25) is 0 Å². The minimum Gasteiger partial charge on any atom is -0.317 e. The van der Waals surface area contributed by atoms with E-state index in [0.29, 0.717) is 17.1 Å². The largest absolute Gasteiger partial charge is 0.317 e. The van der Waals surface area contributed by atoms with E-state index in [4.69, 9.17) is 11.6 Å². The molecule has 1 aliphatic rings. The number of nitro benzene ring substituents is 1. The fourth-order valence-corrected chi connectivity index (χ4v) is 3.20. The van der Waals surface area contributed by atoms with Gasteiger partial charge in [-0.15, -0.1) is 0 Å². The highest BCUT2D eigenvalue weighted by Gasteiger charge is 2.34. The van der Waals surface area contributed by atoms with Gasteiger partial charge < -0.3 is 4.57 Å². The van der Waals surface area contributed by atoms with Gasteiger partial charge in [-0.05, 0) is 54.6 Å². The quantitative estimate of drug-likeness (QED) is 0.298. The monoisotopic (exact) mass is 426 g/mol. The molecule has 1 aromatic heterocycles. The van der Waals surface area contributed by atoms with E-state index in [0.717, 1.165) is 5.01 Å². The van der Waals surface area contributed by atoms with Crippen molar-refractivity contribution < 1.29 is 18.9 Å². The summed E-state index contributed by atoms with van der Waals surface area (Å²) in [5, 5.41) is 12.2. The third-order valence-corrected chi connectivity index (χ3v) is 4.77.